The van der Waals surface area contributed by atoms with Crippen LogP contribution in [0.4, 0.5) is 0 Å². The highest BCUT2D eigenvalue weighted by molar-refractivity contribution is 6.30. The van der Waals surface area contributed by atoms with E-state index in [1.807, 2.05) is 31.4 Å². The molecular formula is C15H16ClN3O. The summed E-state index contributed by atoms with van der Waals surface area (Å²) in [6.45, 7) is 0.534. The summed E-state index contributed by atoms with van der Waals surface area (Å²) in [6, 6.07) is 7.37. The second kappa shape index (κ2) is 6.39. The summed E-state index contributed by atoms with van der Waals surface area (Å²) in [6.07, 6.45) is 6.95. The molecule has 0 unspecified atom stereocenters. The van der Waals surface area contributed by atoms with Gasteiger partial charge in [0.2, 0.25) is 5.91 Å². The van der Waals surface area contributed by atoms with E-state index < -0.39 is 0 Å². The van der Waals surface area contributed by atoms with E-state index in [0.29, 0.717) is 11.6 Å². The average molecular weight is 290 g/mol. The number of amides is 1. The fourth-order valence-electron chi connectivity index (χ4n) is 1.81. The molecule has 104 valence electrons. The van der Waals surface area contributed by atoms with Gasteiger partial charge >= 0.3 is 0 Å². The summed E-state index contributed by atoms with van der Waals surface area (Å²) in [4.78, 5) is 13.6. The van der Waals surface area contributed by atoms with Crippen LogP contribution in [0.25, 0.3) is 6.08 Å². The molecule has 0 radical (unpaired) electrons. The number of benzene rings is 1. The summed E-state index contributed by atoms with van der Waals surface area (Å²) in [5, 5.41) is 4.73. The molecule has 0 aliphatic rings. The van der Waals surface area contributed by atoms with Crippen LogP contribution >= 0.6 is 11.6 Å². The van der Waals surface area contributed by atoms with Crippen molar-refractivity contribution in [2.75, 3.05) is 7.05 Å². The van der Waals surface area contributed by atoms with Gasteiger partial charge < -0.3 is 4.90 Å². The Balaban J connectivity index is 1.97. The molecule has 2 aromatic rings. The van der Waals surface area contributed by atoms with Gasteiger partial charge in [-0.25, -0.2) is 0 Å². The molecule has 0 bridgehead atoms. The molecule has 0 fully saturated rings. The molecule has 0 saturated carbocycles. The molecular weight excluding hydrogens is 274 g/mol. The lowest BCUT2D eigenvalue weighted by atomic mass is 10.2. The van der Waals surface area contributed by atoms with Gasteiger partial charge in [0.1, 0.15) is 0 Å². The summed E-state index contributed by atoms with van der Waals surface area (Å²) in [5.74, 6) is -0.0613. The maximum Gasteiger partial charge on any atom is 0.246 e. The molecule has 0 atom stereocenters. The lowest BCUT2D eigenvalue weighted by molar-refractivity contribution is -0.125. The van der Waals surface area contributed by atoms with E-state index in [0.717, 1.165) is 11.1 Å². The van der Waals surface area contributed by atoms with Gasteiger partial charge in [0.05, 0.1) is 6.20 Å². The maximum atomic E-state index is 12.0. The van der Waals surface area contributed by atoms with Crippen molar-refractivity contribution in [3.8, 4) is 0 Å². The molecule has 0 spiro atoms. The van der Waals surface area contributed by atoms with E-state index >= 15 is 0 Å². The standard InChI is InChI=1S/C15H16ClN3O/c1-18(10-13-9-17-19(2)11-13)15(20)7-6-12-4-3-5-14(16)8-12/h3-9,11H,10H2,1-2H3/b7-6+. The second-order valence-electron chi connectivity index (χ2n) is 4.60. The van der Waals surface area contributed by atoms with Crippen molar-refractivity contribution in [2.45, 2.75) is 6.54 Å². The van der Waals surface area contributed by atoms with Crippen LogP contribution in [-0.2, 0) is 18.4 Å². The van der Waals surface area contributed by atoms with E-state index in [1.54, 1.807) is 41.0 Å². The zero-order valence-electron chi connectivity index (χ0n) is 11.5. The minimum absolute atomic E-state index is 0.0613. The Bertz CT molecular complexity index is 634. The molecule has 4 nitrogen and oxygen atoms in total. The van der Waals surface area contributed by atoms with Gasteiger partial charge in [0.25, 0.3) is 0 Å². The maximum absolute atomic E-state index is 12.0. The van der Waals surface area contributed by atoms with Crippen molar-refractivity contribution >= 4 is 23.6 Å². The van der Waals surface area contributed by atoms with E-state index in [4.69, 9.17) is 11.6 Å². The summed E-state index contributed by atoms with van der Waals surface area (Å²) in [7, 11) is 3.61. The first-order valence-corrected chi connectivity index (χ1v) is 6.58. The number of carbonyl (C=O) groups excluding carboxylic acids is 1. The first-order valence-electron chi connectivity index (χ1n) is 6.21. The average Bonchev–Trinajstić information content (AvgIpc) is 2.81. The zero-order chi connectivity index (χ0) is 14.5. The van der Waals surface area contributed by atoms with Crippen LogP contribution in [0.1, 0.15) is 11.1 Å². The predicted octanol–water partition coefficient (Wildman–Crippen LogP) is 2.75. The topological polar surface area (TPSA) is 38.1 Å². The minimum Gasteiger partial charge on any atom is -0.338 e. The highest BCUT2D eigenvalue weighted by Crippen LogP contribution is 2.12. The normalized spacial score (nSPS) is 10.9. The number of carbonyl (C=O) groups is 1. The van der Waals surface area contributed by atoms with Crippen LogP contribution in [0.5, 0.6) is 0 Å². The second-order valence-corrected chi connectivity index (χ2v) is 5.04. The molecule has 1 aromatic heterocycles. The van der Waals surface area contributed by atoms with E-state index in [1.165, 1.54) is 0 Å². The number of likely N-dealkylation sites (N-methyl/N-ethyl adjacent to an activating group) is 1. The van der Waals surface area contributed by atoms with E-state index in [9.17, 15) is 4.79 Å². The van der Waals surface area contributed by atoms with Crippen molar-refractivity contribution in [1.29, 1.82) is 0 Å². The molecule has 0 N–H and O–H groups in total. The molecule has 1 amide bonds. The highest BCUT2D eigenvalue weighted by atomic mass is 35.5. The molecule has 0 aliphatic heterocycles. The van der Waals surface area contributed by atoms with Gasteiger partial charge in [-0.3, -0.25) is 9.48 Å². The third-order valence-electron chi connectivity index (χ3n) is 2.82. The van der Waals surface area contributed by atoms with Gasteiger partial charge in [0, 0.05) is 43.5 Å². The van der Waals surface area contributed by atoms with Gasteiger partial charge in [-0.05, 0) is 23.8 Å². The van der Waals surface area contributed by atoms with Crippen LogP contribution < -0.4 is 0 Å². The number of halogens is 1. The largest absolute Gasteiger partial charge is 0.338 e. The van der Waals surface area contributed by atoms with Crippen molar-refractivity contribution in [2.24, 2.45) is 7.05 Å². The number of hydrogen-bond acceptors (Lipinski definition) is 2. The molecule has 0 aliphatic carbocycles. The Hall–Kier alpha value is -2.07. The summed E-state index contributed by atoms with van der Waals surface area (Å²) < 4.78 is 1.72. The number of hydrogen-bond donors (Lipinski definition) is 0. The Morgan fingerprint density at radius 2 is 2.30 bits per heavy atom. The molecule has 0 saturated heterocycles. The Labute approximate surface area is 123 Å². The fraction of sp³-hybridized carbons (Fsp3) is 0.200. The van der Waals surface area contributed by atoms with Gasteiger partial charge in [0.15, 0.2) is 0 Å². The first-order chi connectivity index (χ1) is 9.54. The van der Waals surface area contributed by atoms with Crippen molar-refractivity contribution in [3.05, 3.63) is 58.9 Å². The van der Waals surface area contributed by atoms with Gasteiger partial charge in [-0.15, -0.1) is 0 Å². The Kier molecular flexibility index (Phi) is 4.58. The lowest BCUT2D eigenvalue weighted by Crippen LogP contribution is -2.23. The van der Waals surface area contributed by atoms with E-state index in [-0.39, 0.29) is 5.91 Å². The summed E-state index contributed by atoms with van der Waals surface area (Å²) in [5.41, 5.74) is 1.90. The fourth-order valence-corrected chi connectivity index (χ4v) is 2.01. The van der Waals surface area contributed by atoms with Gasteiger partial charge in [-0.2, -0.15) is 5.10 Å². The SMILES string of the molecule is CN(Cc1cnn(C)c1)C(=O)/C=C/c1cccc(Cl)c1. The monoisotopic (exact) mass is 289 g/mol. The number of aromatic nitrogens is 2. The van der Waals surface area contributed by atoms with Gasteiger partial charge in [-0.1, -0.05) is 23.7 Å². The molecule has 2 rings (SSSR count). The molecule has 1 heterocycles. The number of aryl methyl sites for hydroxylation is 1. The van der Waals surface area contributed by atoms with Crippen molar-refractivity contribution in [1.82, 2.24) is 14.7 Å². The first kappa shape index (κ1) is 14.3. The third kappa shape index (κ3) is 3.96. The smallest absolute Gasteiger partial charge is 0.246 e. The molecule has 5 heteroatoms. The number of nitrogens with zero attached hydrogens (tertiary/aromatic N) is 3. The molecule has 20 heavy (non-hydrogen) atoms. The lowest BCUT2D eigenvalue weighted by Gasteiger charge is -2.13. The summed E-state index contributed by atoms with van der Waals surface area (Å²) >= 11 is 5.89. The Morgan fingerprint density at radius 3 is 2.95 bits per heavy atom. The van der Waals surface area contributed by atoms with Crippen LogP contribution in [-0.4, -0.2) is 27.6 Å². The van der Waals surface area contributed by atoms with Crippen molar-refractivity contribution < 1.29 is 4.79 Å². The highest BCUT2D eigenvalue weighted by Gasteiger charge is 2.06. The predicted molar refractivity (Wildman–Crippen MR) is 80.2 cm³/mol. The Morgan fingerprint density at radius 1 is 1.50 bits per heavy atom. The van der Waals surface area contributed by atoms with Crippen LogP contribution in [0, 0.1) is 0 Å². The van der Waals surface area contributed by atoms with Crippen LogP contribution in [0.15, 0.2) is 42.7 Å². The van der Waals surface area contributed by atoms with E-state index in [2.05, 4.69) is 5.10 Å². The minimum atomic E-state index is -0.0613. The third-order valence-corrected chi connectivity index (χ3v) is 3.06. The van der Waals surface area contributed by atoms with Crippen LogP contribution in [0.3, 0.4) is 0 Å². The molecule has 1 aromatic carbocycles. The van der Waals surface area contributed by atoms with Crippen LogP contribution in [0.2, 0.25) is 5.02 Å². The van der Waals surface area contributed by atoms with Crippen molar-refractivity contribution in [3.63, 3.8) is 0 Å². The number of rotatable bonds is 4. The quantitative estimate of drug-likeness (QED) is 0.812. The zero-order valence-corrected chi connectivity index (χ0v) is 12.2.